The van der Waals surface area contributed by atoms with Gasteiger partial charge in [0, 0.05) is 36.6 Å². The molecule has 0 unspecified atom stereocenters. The number of hydrogen-bond acceptors (Lipinski definition) is 3. The van der Waals surface area contributed by atoms with Crippen molar-refractivity contribution in [1.82, 2.24) is 15.2 Å². The number of aromatic amines is 1. The van der Waals surface area contributed by atoms with Crippen molar-refractivity contribution in [3.8, 4) is 0 Å². The van der Waals surface area contributed by atoms with Crippen LogP contribution >= 0.6 is 0 Å². The van der Waals surface area contributed by atoms with Crippen LogP contribution in [0.25, 0.3) is 10.9 Å². The molecule has 1 fully saturated rings. The molecule has 6 nitrogen and oxygen atoms in total. The second-order valence-corrected chi connectivity index (χ2v) is 7.35. The zero-order chi connectivity index (χ0) is 20.1. The molecule has 1 aliphatic rings. The molecule has 3 aromatic rings. The summed E-state index contributed by atoms with van der Waals surface area (Å²) in [5.74, 6) is -0.0514. The van der Waals surface area contributed by atoms with Crippen LogP contribution in [-0.2, 0) is 22.6 Å². The second kappa shape index (κ2) is 8.82. The normalized spacial score (nSPS) is 14.7. The highest BCUT2D eigenvalue weighted by molar-refractivity contribution is 5.88. The molecule has 0 bridgehead atoms. The number of amides is 2. The Kier molecular flexibility index (Phi) is 5.79. The minimum Gasteiger partial charge on any atom is -0.445 e. The van der Waals surface area contributed by atoms with Crippen LogP contribution in [0.3, 0.4) is 0 Å². The summed E-state index contributed by atoms with van der Waals surface area (Å²) < 4.78 is 5.35. The summed E-state index contributed by atoms with van der Waals surface area (Å²) in [6, 6.07) is 16.8. The van der Waals surface area contributed by atoms with Gasteiger partial charge in [-0.3, -0.25) is 4.79 Å². The fraction of sp³-hybridized carbons (Fsp3) is 0.304. The van der Waals surface area contributed by atoms with E-state index in [2.05, 4.69) is 10.3 Å². The number of nitrogens with one attached hydrogen (secondary N) is 2. The summed E-state index contributed by atoms with van der Waals surface area (Å²) in [5, 5.41) is 3.86. The lowest BCUT2D eigenvalue weighted by atomic mass is 10.0. The van der Waals surface area contributed by atoms with Crippen molar-refractivity contribution in [1.29, 1.82) is 0 Å². The van der Waals surface area contributed by atoms with E-state index in [9.17, 15) is 9.59 Å². The van der Waals surface area contributed by atoms with E-state index in [0.717, 1.165) is 48.0 Å². The molecular formula is C23H25N3O3. The molecular weight excluding hydrogens is 366 g/mol. The summed E-state index contributed by atoms with van der Waals surface area (Å²) in [6.45, 7) is 1.65. The van der Waals surface area contributed by atoms with Gasteiger partial charge >= 0.3 is 6.09 Å². The van der Waals surface area contributed by atoms with E-state index in [1.54, 1.807) is 0 Å². The Bertz CT molecular complexity index is 977. The number of alkyl carbamates (subject to hydrolysis) is 1. The number of carbonyl (C=O) groups excluding carboxylic acids is 2. The monoisotopic (exact) mass is 391 g/mol. The maximum absolute atomic E-state index is 13.1. The molecule has 6 heteroatoms. The van der Waals surface area contributed by atoms with Gasteiger partial charge in [0.25, 0.3) is 0 Å². The molecule has 1 aromatic heterocycles. The predicted molar refractivity (Wildman–Crippen MR) is 111 cm³/mol. The number of benzene rings is 2. The molecule has 150 valence electrons. The number of nitrogens with zero attached hydrogens (tertiary/aromatic N) is 1. The molecule has 2 N–H and O–H groups in total. The minimum absolute atomic E-state index is 0.0514. The van der Waals surface area contributed by atoms with Gasteiger partial charge in [-0.1, -0.05) is 48.5 Å². The molecule has 1 atom stereocenters. The van der Waals surface area contributed by atoms with Crippen molar-refractivity contribution in [3.63, 3.8) is 0 Å². The van der Waals surface area contributed by atoms with Gasteiger partial charge < -0.3 is 19.9 Å². The highest BCUT2D eigenvalue weighted by atomic mass is 16.5. The van der Waals surface area contributed by atoms with Crippen molar-refractivity contribution in [3.05, 3.63) is 71.9 Å². The summed E-state index contributed by atoms with van der Waals surface area (Å²) >= 11 is 0. The molecule has 0 saturated carbocycles. The number of H-pyrrole nitrogens is 1. The molecule has 1 saturated heterocycles. The quantitative estimate of drug-likeness (QED) is 0.674. The van der Waals surface area contributed by atoms with E-state index >= 15 is 0 Å². The summed E-state index contributed by atoms with van der Waals surface area (Å²) in [4.78, 5) is 30.6. The number of para-hydroxylation sites is 1. The molecule has 0 spiro atoms. The van der Waals surface area contributed by atoms with Crippen LogP contribution in [0.1, 0.15) is 24.0 Å². The Hall–Kier alpha value is -3.28. The highest BCUT2D eigenvalue weighted by Crippen LogP contribution is 2.20. The maximum atomic E-state index is 13.1. The lowest BCUT2D eigenvalue weighted by Crippen LogP contribution is -2.49. The average molecular weight is 391 g/mol. The first-order valence-electron chi connectivity index (χ1n) is 10.0. The Morgan fingerprint density at radius 2 is 1.76 bits per heavy atom. The Balaban J connectivity index is 1.47. The van der Waals surface area contributed by atoms with Crippen LogP contribution in [0.4, 0.5) is 4.79 Å². The molecule has 0 aliphatic carbocycles. The van der Waals surface area contributed by atoms with Crippen LogP contribution in [-0.4, -0.2) is 41.0 Å². The lowest BCUT2D eigenvalue weighted by molar-refractivity contribution is -0.132. The van der Waals surface area contributed by atoms with Gasteiger partial charge in [-0.25, -0.2) is 4.79 Å². The molecule has 4 rings (SSSR count). The minimum atomic E-state index is -0.657. The zero-order valence-corrected chi connectivity index (χ0v) is 16.3. The van der Waals surface area contributed by atoms with Gasteiger partial charge in [-0.2, -0.15) is 0 Å². The first-order valence-corrected chi connectivity index (χ1v) is 10.0. The summed E-state index contributed by atoms with van der Waals surface area (Å²) in [6.07, 6.45) is 3.76. The molecule has 2 aromatic carbocycles. The number of likely N-dealkylation sites (tertiary alicyclic amines) is 1. The smallest absolute Gasteiger partial charge is 0.408 e. The number of hydrogen-bond donors (Lipinski definition) is 2. The second-order valence-electron chi connectivity index (χ2n) is 7.35. The standard InChI is InChI=1S/C23H25N3O3/c27-22(26-12-6-7-13-26)21(14-18-15-24-20-11-5-4-10-19(18)20)25-23(28)29-16-17-8-2-1-3-9-17/h1-5,8-11,15,21,24H,6-7,12-14,16H2,(H,25,28)/t21-/m0/s1. The van der Waals surface area contributed by atoms with E-state index in [1.807, 2.05) is 65.7 Å². The molecule has 2 amide bonds. The molecule has 0 radical (unpaired) electrons. The van der Waals surface area contributed by atoms with Gasteiger partial charge in [0.05, 0.1) is 0 Å². The van der Waals surface area contributed by atoms with Crippen LogP contribution < -0.4 is 5.32 Å². The van der Waals surface area contributed by atoms with Gasteiger partial charge in [0.15, 0.2) is 0 Å². The fourth-order valence-corrected chi connectivity index (χ4v) is 3.79. The lowest BCUT2D eigenvalue weighted by Gasteiger charge is -2.24. The van der Waals surface area contributed by atoms with Crippen LogP contribution in [0.5, 0.6) is 0 Å². The van der Waals surface area contributed by atoms with Crippen LogP contribution in [0, 0.1) is 0 Å². The van der Waals surface area contributed by atoms with Crippen molar-refractivity contribution in [2.24, 2.45) is 0 Å². The average Bonchev–Trinajstić information content (AvgIpc) is 3.43. The molecule has 1 aliphatic heterocycles. The molecule has 2 heterocycles. The van der Waals surface area contributed by atoms with E-state index < -0.39 is 12.1 Å². The number of fused-ring (bicyclic) bond motifs is 1. The topological polar surface area (TPSA) is 74.4 Å². The first kappa shape index (κ1) is 19.1. The van der Waals surface area contributed by atoms with Gasteiger partial charge in [-0.05, 0) is 30.0 Å². The SMILES string of the molecule is O=C(N[C@@H](Cc1c[nH]c2ccccc12)C(=O)N1CCCC1)OCc1ccccc1. The Labute approximate surface area is 169 Å². The summed E-state index contributed by atoms with van der Waals surface area (Å²) in [7, 11) is 0. The predicted octanol–water partition coefficient (Wildman–Crippen LogP) is 3.63. The third kappa shape index (κ3) is 4.59. The van der Waals surface area contributed by atoms with Crippen molar-refractivity contribution in [2.75, 3.05) is 13.1 Å². The number of rotatable bonds is 6. The van der Waals surface area contributed by atoms with Crippen molar-refractivity contribution >= 4 is 22.9 Å². The largest absolute Gasteiger partial charge is 0.445 e. The van der Waals surface area contributed by atoms with E-state index in [4.69, 9.17) is 4.74 Å². The fourth-order valence-electron chi connectivity index (χ4n) is 3.79. The number of ether oxygens (including phenoxy) is 1. The van der Waals surface area contributed by atoms with E-state index in [1.165, 1.54) is 0 Å². The van der Waals surface area contributed by atoms with Crippen LogP contribution in [0.2, 0.25) is 0 Å². The van der Waals surface area contributed by atoms with E-state index in [-0.39, 0.29) is 12.5 Å². The third-order valence-corrected chi connectivity index (χ3v) is 5.32. The van der Waals surface area contributed by atoms with Gasteiger partial charge in [-0.15, -0.1) is 0 Å². The maximum Gasteiger partial charge on any atom is 0.408 e. The Morgan fingerprint density at radius 1 is 1.03 bits per heavy atom. The first-order chi connectivity index (χ1) is 14.2. The number of carbonyl (C=O) groups is 2. The number of aromatic nitrogens is 1. The van der Waals surface area contributed by atoms with Crippen molar-refractivity contribution in [2.45, 2.75) is 31.9 Å². The van der Waals surface area contributed by atoms with Gasteiger partial charge in [0.2, 0.25) is 5.91 Å². The Morgan fingerprint density at radius 3 is 2.55 bits per heavy atom. The highest BCUT2D eigenvalue weighted by Gasteiger charge is 2.29. The van der Waals surface area contributed by atoms with Crippen molar-refractivity contribution < 1.29 is 14.3 Å². The zero-order valence-electron chi connectivity index (χ0n) is 16.3. The van der Waals surface area contributed by atoms with Gasteiger partial charge in [0.1, 0.15) is 12.6 Å². The van der Waals surface area contributed by atoms with Crippen LogP contribution in [0.15, 0.2) is 60.8 Å². The third-order valence-electron chi connectivity index (χ3n) is 5.32. The summed E-state index contributed by atoms with van der Waals surface area (Å²) in [5.41, 5.74) is 2.92. The van der Waals surface area contributed by atoms with E-state index in [0.29, 0.717) is 6.42 Å². The molecule has 29 heavy (non-hydrogen) atoms.